The maximum Gasteiger partial charge on any atom is 0.149 e. The third-order valence-electron chi connectivity index (χ3n) is 3.67. The quantitative estimate of drug-likeness (QED) is 0.611. The lowest BCUT2D eigenvalue weighted by Crippen LogP contribution is -2.34. The Kier molecular flexibility index (Phi) is 4.32. The summed E-state index contributed by atoms with van der Waals surface area (Å²) in [5.74, 6) is 0. The van der Waals surface area contributed by atoms with Crippen LogP contribution in [0.4, 0.5) is 0 Å². The van der Waals surface area contributed by atoms with Gasteiger partial charge in [0.2, 0.25) is 0 Å². The van der Waals surface area contributed by atoms with Gasteiger partial charge in [0.05, 0.1) is 0 Å². The molecule has 94 valence electrons. The van der Waals surface area contributed by atoms with Gasteiger partial charge in [-0.1, -0.05) is 13.3 Å². The molecule has 2 aliphatic rings. The molecule has 0 aromatic rings. The number of thiol groups is 1. The predicted molar refractivity (Wildman–Crippen MR) is 74.0 cm³/mol. The van der Waals surface area contributed by atoms with E-state index in [1.54, 1.807) is 0 Å². The van der Waals surface area contributed by atoms with Crippen LogP contribution in [0.25, 0.3) is 0 Å². The zero-order valence-corrected chi connectivity index (χ0v) is 11.4. The van der Waals surface area contributed by atoms with Crippen molar-refractivity contribution in [2.45, 2.75) is 50.8 Å². The first kappa shape index (κ1) is 12.7. The maximum atomic E-state index is 11.3. The number of hydrogen-bond donors (Lipinski definition) is 1. The number of allylic oxidation sites excluding steroid dienone is 2. The molecular weight excluding hydrogens is 230 g/mol. The molecule has 0 N–H and O–H groups in total. The van der Waals surface area contributed by atoms with Gasteiger partial charge in [0.1, 0.15) is 11.7 Å². The van der Waals surface area contributed by atoms with Gasteiger partial charge in [-0.2, -0.15) is 0 Å². The second-order valence-electron chi connectivity index (χ2n) is 4.88. The lowest BCUT2D eigenvalue weighted by molar-refractivity contribution is -0.105. The molecule has 1 unspecified atom stereocenters. The van der Waals surface area contributed by atoms with Crippen LogP contribution in [0.1, 0.15) is 45.4 Å². The largest absolute Gasteiger partial charge is 0.361 e. The van der Waals surface area contributed by atoms with Crippen molar-refractivity contribution in [2.75, 3.05) is 6.54 Å². The van der Waals surface area contributed by atoms with Crippen molar-refractivity contribution in [1.82, 2.24) is 4.90 Å². The summed E-state index contributed by atoms with van der Waals surface area (Å²) in [7, 11) is 0. The molecule has 1 atom stereocenters. The van der Waals surface area contributed by atoms with Crippen molar-refractivity contribution >= 4 is 18.9 Å². The Morgan fingerprint density at radius 3 is 2.94 bits per heavy atom. The molecule has 1 fully saturated rings. The van der Waals surface area contributed by atoms with Gasteiger partial charge in [0, 0.05) is 18.3 Å². The summed E-state index contributed by atoms with van der Waals surface area (Å²) < 4.78 is 0. The highest BCUT2D eigenvalue weighted by Gasteiger charge is 2.27. The number of rotatable bonds is 4. The van der Waals surface area contributed by atoms with Crippen LogP contribution in [0.2, 0.25) is 0 Å². The standard InChI is InChI=1S/C14H21NOS/c1-2-3-8-15-9-11-6-4-5-7-12(11)13(10-16)14(15)17/h9-10,14,17H,2-8H2,1H3. The Hall–Kier alpha value is -0.700. The minimum Gasteiger partial charge on any atom is -0.361 e. The molecule has 0 bridgehead atoms. The number of carbonyl (C=O) groups is 1. The molecule has 3 heteroatoms. The lowest BCUT2D eigenvalue weighted by atomic mass is 9.85. The van der Waals surface area contributed by atoms with Crippen LogP contribution in [0, 0.1) is 0 Å². The van der Waals surface area contributed by atoms with Crippen molar-refractivity contribution in [2.24, 2.45) is 0 Å². The topological polar surface area (TPSA) is 20.3 Å². The Balaban J connectivity index is 2.23. The molecule has 1 heterocycles. The van der Waals surface area contributed by atoms with Crippen molar-refractivity contribution in [3.8, 4) is 0 Å². The van der Waals surface area contributed by atoms with E-state index in [0.717, 1.165) is 37.7 Å². The molecule has 0 amide bonds. The van der Waals surface area contributed by atoms with Gasteiger partial charge >= 0.3 is 0 Å². The van der Waals surface area contributed by atoms with E-state index < -0.39 is 0 Å². The summed E-state index contributed by atoms with van der Waals surface area (Å²) in [6.07, 6.45) is 10.2. The van der Waals surface area contributed by atoms with Crippen LogP contribution in [0.5, 0.6) is 0 Å². The van der Waals surface area contributed by atoms with E-state index in [0.29, 0.717) is 0 Å². The van der Waals surface area contributed by atoms with E-state index in [2.05, 4.69) is 30.7 Å². The molecule has 0 saturated heterocycles. The van der Waals surface area contributed by atoms with E-state index in [9.17, 15) is 4.79 Å². The summed E-state index contributed by atoms with van der Waals surface area (Å²) >= 11 is 4.61. The molecule has 2 nitrogen and oxygen atoms in total. The Labute approximate surface area is 109 Å². The molecule has 0 aromatic carbocycles. The highest BCUT2D eigenvalue weighted by Crippen LogP contribution is 2.37. The molecule has 1 aliphatic carbocycles. The number of hydrogen-bond acceptors (Lipinski definition) is 3. The van der Waals surface area contributed by atoms with E-state index in [-0.39, 0.29) is 5.37 Å². The fourth-order valence-electron chi connectivity index (χ4n) is 2.67. The summed E-state index contributed by atoms with van der Waals surface area (Å²) in [6, 6.07) is 0. The molecule has 0 radical (unpaired) electrons. The van der Waals surface area contributed by atoms with Gasteiger partial charge in [-0.3, -0.25) is 4.79 Å². The molecule has 1 saturated carbocycles. The Morgan fingerprint density at radius 1 is 1.47 bits per heavy atom. The number of carbonyl (C=O) groups excluding carboxylic acids is 1. The second-order valence-corrected chi connectivity index (χ2v) is 5.37. The zero-order valence-electron chi connectivity index (χ0n) is 10.5. The third kappa shape index (κ3) is 2.59. The number of unbranched alkanes of at least 4 members (excludes halogenated alkanes) is 1. The van der Waals surface area contributed by atoms with Gasteiger partial charge < -0.3 is 4.90 Å². The summed E-state index contributed by atoms with van der Waals surface area (Å²) in [4.78, 5) is 13.5. The summed E-state index contributed by atoms with van der Waals surface area (Å²) in [6.45, 7) is 3.19. The van der Waals surface area contributed by atoms with Crippen molar-refractivity contribution in [3.63, 3.8) is 0 Å². The highest BCUT2D eigenvalue weighted by molar-refractivity contribution is 7.81. The van der Waals surface area contributed by atoms with Gasteiger partial charge in [-0.15, -0.1) is 12.6 Å². The van der Waals surface area contributed by atoms with Gasteiger partial charge in [0.25, 0.3) is 0 Å². The normalized spacial score (nSPS) is 24.5. The number of fused-ring (bicyclic) bond motifs is 1. The minimum atomic E-state index is -0.0316. The first-order chi connectivity index (χ1) is 8.27. The van der Waals surface area contributed by atoms with Crippen LogP contribution in [0.3, 0.4) is 0 Å². The smallest absolute Gasteiger partial charge is 0.149 e. The first-order valence-corrected chi connectivity index (χ1v) is 7.12. The Morgan fingerprint density at radius 2 is 2.24 bits per heavy atom. The predicted octanol–water partition coefficient (Wildman–Crippen LogP) is 3.31. The Bertz CT molecular complexity index is 359. The molecular formula is C14H21NOS. The number of aldehydes is 1. The second kappa shape index (κ2) is 5.76. The maximum absolute atomic E-state index is 11.3. The van der Waals surface area contributed by atoms with E-state index in [4.69, 9.17) is 0 Å². The fourth-order valence-corrected chi connectivity index (χ4v) is 3.06. The van der Waals surface area contributed by atoms with Crippen LogP contribution < -0.4 is 0 Å². The van der Waals surface area contributed by atoms with Crippen LogP contribution in [-0.2, 0) is 4.79 Å². The lowest BCUT2D eigenvalue weighted by Gasteiger charge is -2.36. The average molecular weight is 251 g/mol. The highest BCUT2D eigenvalue weighted by atomic mass is 32.1. The van der Waals surface area contributed by atoms with E-state index in [1.165, 1.54) is 30.4 Å². The number of nitrogens with zero attached hydrogens (tertiary/aromatic N) is 1. The minimum absolute atomic E-state index is 0.0316. The zero-order chi connectivity index (χ0) is 12.3. The molecule has 2 rings (SSSR count). The average Bonchev–Trinajstić information content (AvgIpc) is 2.36. The van der Waals surface area contributed by atoms with Gasteiger partial charge in [-0.05, 0) is 43.3 Å². The summed E-state index contributed by atoms with van der Waals surface area (Å²) in [5, 5.41) is -0.0316. The fraction of sp³-hybridized carbons (Fsp3) is 0.643. The molecule has 0 aromatic heterocycles. The SMILES string of the molecule is CCCCN1C=C2CCCCC2=C(C=O)C1S. The van der Waals surface area contributed by atoms with Crippen LogP contribution >= 0.6 is 12.6 Å². The van der Waals surface area contributed by atoms with Crippen molar-refractivity contribution in [1.29, 1.82) is 0 Å². The van der Waals surface area contributed by atoms with Crippen LogP contribution in [-0.4, -0.2) is 23.1 Å². The summed E-state index contributed by atoms with van der Waals surface area (Å²) in [5.41, 5.74) is 3.56. The first-order valence-electron chi connectivity index (χ1n) is 6.61. The third-order valence-corrected chi connectivity index (χ3v) is 4.24. The van der Waals surface area contributed by atoms with Gasteiger partial charge in [-0.25, -0.2) is 0 Å². The monoisotopic (exact) mass is 251 g/mol. The van der Waals surface area contributed by atoms with E-state index >= 15 is 0 Å². The van der Waals surface area contributed by atoms with Crippen molar-refractivity contribution in [3.05, 3.63) is 22.9 Å². The van der Waals surface area contributed by atoms with Crippen molar-refractivity contribution < 1.29 is 4.79 Å². The molecule has 17 heavy (non-hydrogen) atoms. The molecule has 1 aliphatic heterocycles. The van der Waals surface area contributed by atoms with Gasteiger partial charge in [0.15, 0.2) is 0 Å². The van der Waals surface area contributed by atoms with E-state index in [1.807, 2.05) is 0 Å². The van der Waals surface area contributed by atoms with Crippen LogP contribution in [0.15, 0.2) is 22.9 Å². The molecule has 0 spiro atoms.